The molecule has 0 spiro atoms. The third-order valence-electron chi connectivity index (χ3n) is 0.223. The highest BCUT2D eigenvalue weighted by Crippen LogP contribution is 1.52. The predicted octanol–water partition coefficient (Wildman–Crippen LogP) is 0.243. The van der Waals surface area contributed by atoms with Gasteiger partial charge in [0.1, 0.15) is 0 Å². The van der Waals surface area contributed by atoms with Crippen LogP contribution in [0.3, 0.4) is 0 Å². The maximum atomic E-state index is 9.11. The van der Waals surface area contributed by atoms with Crippen LogP contribution >= 0.6 is 0 Å². The van der Waals surface area contributed by atoms with E-state index in [9.17, 15) is 0 Å². The third kappa shape index (κ3) is 117. The predicted molar refractivity (Wildman–Crippen MR) is 27.1 cm³/mol. The van der Waals surface area contributed by atoms with E-state index in [-0.39, 0.29) is 0 Å². The van der Waals surface area contributed by atoms with Gasteiger partial charge in [0, 0.05) is 6.54 Å². The largest absolute Gasteiger partial charge is 0.234 e. The summed E-state index contributed by atoms with van der Waals surface area (Å²) in [5.41, 5.74) is 0. The minimum Gasteiger partial charge on any atom is -0.222 e. The molecule has 0 aromatic carbocycles. The van der Waals surface area contributed by atoms with Crippen LogP contribution in [0.1, 0.15) is 6.92 Å². The lowest BCUT2D eigenvalue weighted by Gasteiger charge is -1.58. The Morgan fingerprint density at radius 3 is 2.00 bits per heavy atom. The number of carbonyl (C=O) groups excluding carboxylic acids is 2. The maximum Gasteiger partial charge on any atom is 0.234 e. The molecule has 0 aromatic rings. The van der Waals surface area contributed by atoms with E-state index in [0.717, 1.165) is 6.08 Å². The van der Waals surface area contributed by atoms with Crippen molar-refractivity contribution in [1.29, 1.82) is 5.41 Å². The van der Waals surface area contributed by atoms with Crippen LogP contribution in [0.25, 0.3) is 0 Å². The zero-order valence-corrected chi connectivity index (χ0v) is 4.47. The Labute approximate surface area is 46.7 Å². The SMILES string of the molecule is CCN=C=O.N=C=O. The summed E-state index contributed by atoms with van der Waals surface area (Å²) in [6, 6.07) is 0. The van der Waals surface area contributed by atoms with Gasteiger partial charge >= 0.3 is 0 Å². The fourth-order valence-electron chi connectivity index (χ4n) is 0.0645. The van der Waals surface area contributed by atoms with E-state index in [1.807, 2.05) is 0 Å². The normalized spacial score (nSPS) is 4.62. The van der Waals surface area contributed by atoms with Crippen molar-refractivity contribution >= 4 is 12.2 Å². The van der Waals surface area contributed by atoms with Gasteiger partial charge in [-0.25, -0.2) is 20.0 Å². The molecule has 4 nitrogen and oxygen atoms in total. The van der Waals surface area contributed by atoms with E-state index in [4.69, 9.17) is 15.0 Å². The highest BCUT2D eigenvalue weighted by Gasteiger charge is 1.52. The second-order valence-electron chi connectivity index (χ2n) is 0.668. The van der Waals surface area contributed by atoms with Crippen LogP contribution in [0.15, 0.2) is 4.99 Å². The van der Waals surface area contributed by atoms with E-state index in [0.29, 0.717) is 6.54 Å². The van der Waals surface area contributed by atoms with E-state index in [1.54, 1.807) is 6.92 Å². The van der Waals surface area contributed by atoms with E-state index >= 15 is 0 Å². The van der Waals surface area contributed by atoms with Crippen LogP contribution in [-0.4, -0.2) is 18.7 Å². The molecule has 0 aliphatic rings. The van der Waals surface area contributed by atoms with Crippen LogP contribution in [0, 0.1) is 5.41 Å². The Morgan fingerprint density at radius 1 is 1.62 bits per heavy atom. The molecule has 0 saturated carbocycles. The van der Waals surface area contributed by atoms with Gasteiger partial charge in [0.05, 0.1) is 0 Å². The maximum absolute atomic E-state index is 9.11. The summed E-state index contributed by atoms with van der Waals surface area (Å²) in [6.45, 7) is 2.33. The smallest absolute Gasteiger partial charge is 0.222 e. The standard InChI is InChI=1S/C3H5NO.CHNO/c1-2-4-3-5;2-1-3/h2H2,1H3;2H. The van der Waals surface area contributed by atoms with Crippen LogP contribution in [0.4, 0.5) is 0 Å². The Kier molecular flexibility index (Phi) is 21.2. The molecule has 0 unspecified atom stereocenters. The molecule has 0 rings (SSSR count). The van der Waals surface area contributed by atoms with Crippen molar-refractivity contribution < 1.29 is 9.59 Å². The average Bonchev–Trinajstić information content (AvgIpc) is 1.71. The number of nitrogens with zero attached hydrogens (tertiary/aromatic N) is 1. The van der Waals surface area contributed by atoms with Gasteiger partial charge in [0.25, 0.3) is 0 Å². The second-order valence-corrected chi connectivity index (χ2v) is 0.668. The minimum absolute atomic E-state index is 0.545. The number of hydrogen-bond donors (Lipinski definition) is 1. The topological polar surface area (TPSA) is 70.3 Å². The minimum atomic E-state index is 0.545. The van der Waals surface area contributed by atoms with Crippen molar-refractivity contribution in [2.75, 3.05) is 6.54 Å². The lowest BCUT2D eigenvalue weighted by molar-refractivity contribution is 0.562. The molecule has 0 heterocycles. The van der Waals surface area contributed by atoms with Crippen molar-refractivity contribution in [2.45, 2.75) is 6.92 Å². The van der Waals surface area contributed by atoms with E-state index < -0.39 is 0 Å². The van der Waals surface area contributed by atoms with Crippen LogP contribution in [-0.2, 0) is 9.59 Å². The van der Waals surface area contributed by atoms with Gasteiger partial charge in [-0.15, -0.1) is 0 Å². The Hall–Kier alpha value is -1.24. The highest BCUT2D eigenvalue weighted by molar-refractivity contribution is 5.32. The third-order valence-corrected chi connectivity index (χ3v) is 0.223. The summed E-state index contributed by atoms with van der Waals surface area (Å²) in [6.07, 6.45) is 2.14. The monoisotopic (exact) mass is 114 g/mol. The molecule has 0 saturated heterocycles. The molecule has 0 radical (unpaired) electrons. The molecule has 0 atom stereocenters. The summed E-state index contributed by atoms with van der Waals surface area (Å²) in [5, 5.41) is 5.40. The molecule has 8 heavy (non-hydrogen) atoms. The first kappa shape index (κ1) is 9.90. The Morgan fingerprint density at radius 2 is 2.00 bits per heavy atom. The van der Waals surface area contributed by atoms with Gasteiger partial charge in [-0.1, -0.05) is 0 Å². The molecule has 0 aliphatic carbocycles. The summed E-state index contributed by atoms with van der Waals surface area (Å²) in [5.74, 6) is 0. The van der Waals surface area contributed by atoms with Crippen molar-refractivity contribution in [1.82, 2.24) is 0 Å². The van der Waals surface area contributed by atoms with Crippen molar-refractivity contribution in [3.63, 3.8) is 0 Å². The summed E-state index contributed by atoms with van der Waals surface area (Å²) in [4.78, 5) is 20.6. The molecule has 0 aliphatic heterocycles. The van der Waals surface area contributed by atoms with Gasteiger partial charge in [-0.05, 0) is 6.92 Å². The quantitative estimate of drug-likeness (QED) is 0.392. The fourth-order valence-corrected chi connectivity index (χ4v) is 0.0645. The molecule has 0 aromatic heterocycles. The zero-order valence-electron chi connectivity index (χ0n) is 4.47. The molecular weight excluding hydrogens is 108 g/mol. The Bertz CT molecular complexity index is 109. The highest BCUT2D eigenvalue weighted by atomic mass is 16.1. The molecule has 1 N–H and O–H groups in total. The lowest BCUT2D eigenvalue weighted by Crippen LogP contribution is -1.58. The average molecular weight is 114 g/mol. The lowest BCUT2D eigenvalue weighted by atomic mass is 10.8. The number of isocyanates is 2. The number of nitrogens with one attached hydrogen (secondary N) is 1. The van der Waals surface area contributed by atoms with E-state index in [2.05, 4.69) is 4.99 Å². The molecule has 0 bridgehead atoms. The van der Waals surface area contributed by atoms with Crippen molar-refractivity contribution in [2.24, 2.45) is 4.99 Å². The molecule has 0 amide bonds. The van der Waals surface area contributed by atoms with Gasteiger partial charge in [0.2, 0.25) is 12.2 Å². The summed E-state index contributed by atoms with van der Waals surface area (Å²) in [7, 11) is 0. The van der Waals surface area contributed by atoms with Crippen LogP contribution in [0.2, 0.25) is 0 Å². The van der Waals surface area contributed by atoms with Crippen molar-refractivity contribution in [3.8, 4) is 0 Å². The number of hydrogen-bond acceptors (Lipinski definition) is 4. The van der Waals surface area contributed by atoms with Crippen LogP contribution in [0.5, 0.6) is 0 Å². The van der Waals surface area contributed by atoms with Crippen molar-refractivity contribution in [3.05, 3.63) is 0 Å². The first-order chi connectivity index (χ1) is 3.83. The van der Waals surface area contributed by atoms with Crippen LogP contribution < -0.4 is 0 Å². The van der Waals surface area contributed by atoms with Gasteiger partial charge in [-0.2, -0.15) is 0 Å². The molecular formula is C4H6N2O2. The van der Waals surface area contributed by atoms with E-state index in [1.165, 1.54) is 6.08 Å². The fraction of sp³-hybridized carbons (Fsp3) is 0.500. The number of rotatable bonds is 1. The van der Waals surface area contributed by atoms with Gasteiger partial charge < -0.3 is 0 Å². The van der Waals surface area contributed by atoms with Gasteiger partial charge in [-0.3, -0.25) is 0 Å². The summed E-state index contributed by atoms with van der Waals surface area (Å²) < 4.78 is 0. The zero-order chi connectivity index (χ0) is 6.83. The Balaban J connectivity index is 0. The first-order valence-electron chi connectivity index (χ1n) is 1.91. The molecule has 0 fully saturated rings. The van der Waals surface area contributed by atoms with Gasteiger partial charge in [0.15, 0.2) is 0 Å². The summed E-state index contributed by atoms with van der Waals surface area (Å²) >= 11 is 0. The molecule has 44 valence electrons. The second kappa shape index (κ2) is 17.1. The number of aliphatic imine (C=N–C) groups is 1. The molecule has 4 heteroatoms. The first-order valence-corrected chi connectivity index (χ1v) is 1.91.